The smallest absolute Gasteiger partial charge is 0.246 e. The van der Waals surface area contributed by atoms with Crippen LogP contribution in [0.2, 0.25) is 0 Å². The molecule has 13 heavy (non-hydrogen) atoms. The largest absolute Gasteiger partial charge is 0.249 e. The fourth-order valence-electron chi connectivity index (χ4n) is 1.52. The molecule has 1 nitrogen and oxygen atoms in total. The van der Waals surface area contributed by atoms with E-state index in [0.717, 1.165) is 5.69 Å². The molecule has 4 heteroatoms. The van der Waals surface area contributed by atoms with Crippen LogP contribution in [0.3, 0.4) is 0 Å². The molecule has 1 aliphatic carbocycles. The van der Waals surface area contributed by atoms with Crippen LogP contribution in [0.4, 0.5) is 8.78 Å². The minimum Gasteiger partial charge on any atom is -0.246 e. The lowest BCUT2D eigenvalue weighted by Gasteiger charge is -2.34. The Balaban J connectivity index is 2.11. The van der Waals surface area contributed by atoms with Gasteiger partial charge in [-0.25, -0.2) is 13.8 Å². The summed E-state index contributed by atoms with van der Waals surface area (Å²) >= 11 is 3.21. The van der Waals surface area contributed by atoms with Crippen molar-refractivity contribution in [1.82, 2.24) is 4.98 Å². The molecule has 0 radical (unpaired) electrons. The molecule has 70 valence electrons. The average Bonchev–Trinajstić information content (AvgIpc) is 2.00. The van der Waals surface area contributed by atoms with Crippen molar-refractivity contribution >= 4 is 15.9 Å². The maximum atomic E-state index is 12.5. The number of pyridine rings is 1. The van der Waals surface area contributed by atoms with Crippen molar-refractivity contribution in [2.75, 3.05) is 0 Å². The van der Waals surface area contributed by atoms with E-state index < -0.39 is 5.92 Å². The van der Waals surface area contributed by atoms with Gasteiger partial charge in [-0.1, -0.05) is 6.07 Å². The molecular weight excluding hydrogens is 240 g/mol. The highest BCUT2D eigenvalue weighted by molar-refractivity contribution is 9.10. The highest BCUT2D eigenvalue weighted by Crippen LogP contribution is 2.47. The molecule has 0 N–H and O–H groups in total. The Kier molecular flexibility index (Phi) is 2.10. The number of hydrogen-bond donors (Lipinski definition) is 0. The van der Waals surface area contributed by atoms with Gasteiger partial charge in [-0.05, 0) is 28.1 Å². The average molecular weight is 248 g/mol. The van der Waals surface area contributed by atoms with E-state index in [1.54, 1.807) is 12.1 Å². The van der Waals surface area contributed by atoms with Gasteiger partial charge in [0.05, 0.1) is 0 Å². The van der Waals surface area contributed by atoms with Crippen molar-refractivity contribution in [3.05, 3.63) is 28.5 Å². The van der Waals surface area contributed by atoms with Crippen LogP contribution in [-0.2, 0) is 0 Å². The van der Waals surface area contributed by atoms with Gasteiger partial charge < -0.3 is 0 Å². The van der Waals surface area contributed by atoms with Crippen molar-refractivity contribution in [2.24, 2.45) is 0 Å². The van der Waals surface area contributed by atoms with Crippen molar-refractivity contribution < 1.29 is 8.78 Å². The lowest BCUT2D eigenvalue weighted by molar-refractivity contribution is -0.0876. The molecule has 1 aromatic heterocycles. The predicted octanol–water partition coefficient (Wildman–Crippen LogP) is 3.36. The molecule has 1 saturated carbocycles. The molecule has 0 bridgehead atoms. The normalized spacial score (nSPS) is 21.2. The van der Waals surface area contributed by atoms with Crippen LogP contribution in [0.1, 0.15) is 24.5 Å². The van der Waals surface area contributed by atoms with Crippen molar-refractivity contribution in [2.45, 2.75) is 24.7 Å². The molecule has 2 rings (SSSR count). The van der Waals surface area contributed by atoms with Gasteiger partial charge in [-0.15, -0.1) is 0 Å². The summed E-state index contributed by atoms with van der Waals surface area (Å²) in [6.07, 6.45) is -0.118. The zero-order valence-corrected chi connectivity index (χ0v) is 8.39. The predicted molar refractivity (Wildman–Crippen MR) is 48.9 cm³/mol. The first-order valence-electron chi connectivity index (χ1n) is 4.07. The number of hydrogen-bond acceptors (Lipinski definition) is 1. The number of nitrogens with zero attached hydrogens (tertiary/aromatic N) is 1. The Morgan fingerprint density at radius 2 is 2.08 bits per heavy atom. The minimum atomic E-state index is -2.46. The van der Waals surface area contributed by atoms with Gasteiger partial charge in [-0.2, -0.15) is 0 Å². The monoisotopic (exact) mass is 247 g/mol. The van der Waals surface area contributed by atoms with Crippen LogP contribution < -0.4 is 0 Å². The van der Waals surface area contributed by atoms with E-state index in [4.69, 9.17) is 0 Å². The second-order valence-electron chi connectivity index (χ2n) is 3.35. The molecule has 0 saturated heterocycles. The van der Waals surface area contributed by atoms with Gasteiger partial charge in [0, 0.05) is 24.5 Å². The number of rotatable bonds is 1. The van der Waals surface area contributed by atoms with Gasteiger partial charge in [0.1, 0.15) is 4.60 Å². The summed E-state index contributed by atoms with van der Waals surface area (Å²) in [5.74, 6) is -2.53. The Morgan fingerprint density at radius 3 is 2.62 bits per heavy atom. The Hall–Kier alpha value is -0.510. The summed E-state index contributed by atoms with van der Waals surface area (Å²) in [6.45, 7) is 0. The standard InChI is InChI=1S/C9H8BrF2N/c10-8-3-1-2-7(13-8)6-4-9(11,12)5-6/h1-3,6H,4-5H2. The topological polar surface area (TPSA) is 12.9 Å². The molecule has 0 atom stereocenters. The van der Waals surface area contributed by atoms with Gasteiger partial charge >= 0.3 is 0 Å². The van der Waals surface area contributed by atoms with Crippen molar-refractivity contribution in [3.63, 3.8) is 0 Å². The van der Waals surface area contributed by atoms with Crippen molar-refractivity contribution in [1.29, 1.82) is 0 Å². The second kappa shape index (κ2) is 3.01. The van der Waals surface area contributed by atoms with E-state index >= 15 is 0 Å². The summed E-state index contributed by atoms with van der Waals surface area (Å²) in [4.78, 5) is 4.14. The quantitative estimate of drug-likeness (QED) is 0.694. The molecule has 0 amide bonds. The number of alkyl halides is 2. The molecule has 1 fully saturated rings. The van der Waals surface area contributed by atoms with Gasteiger partial charge in [0.25, 0.3) is 0 Å². The highest BCUT2D eigenvalue weighted by Gasteiger charge is 2.46. The summed E-state index contributed by atoms with van der Waals surface area (Å²) in [5.41, 5.74) is 0.764. The summed E-state index contributed by atoms with van der Waals surface area (Å²) in [6, 6.07) is 5.41. The molecule has 1 aliphatic rings. The van der Waals surface area contributed by atoms with E-state index in [2.05, 4.69) is 20.9 Å². The van der Waals surface area contributed by atoms with E-state index in [0.29, 0.717) is 4.60 Å². The Bertz CT molecular complexity index is 319. The molecule has 0 unspecified atom stereocenters. The lowest BCUT2D eigenvalue weighted by Crippen LogP contribution is -2.34. The maximum absolute atomic E-state index is 12.5. The van der Waals surface area contributed by atoms with E-state index in [1.165, 1.54) is 0 Å². The first-order valence-corrected chi connectivity index (χ1v) is 4.86. The van der Waals surface area contributed by atoms with Crippen LogP contribution in [0.25, 0.3) is 0 Å². The number of aromatic nitrogens is 1. The van der Waals surface area contributed by atoms with E-state index in [-0.39, 0.29) is 18.8 Å². The molecule has 0 aromatic carbocycles. The third-order valence-electron chi connectivity index (χ3n) is 2.25. The number of halogens is 3. The zero-order valence-electron chi connectivity index (χ0n) is 6.80. The fraction of sp³-hybridized carbons (Fsp3) is 0.444. The van der Waals surface area contributed by atoms with Crippen LogP contribution in [0.15, 0.2) is 22.8 Å². The fourth-order valence-corrected chi connectivity index (χ4v) is 1.88. The van der Waals surface area contributed by atoms with Crippen LogP contribution in [0.5, 0.6) is 0 Å². The molecule has 1 aromatic rings. The minimum absolute atomic E-state index is 0.0591. The zero-order chi connectivity index (χ0) is 9.47. The molecular formula is C9H8BrF2N. The van der Waals surface area contributed by atoms with Crippen LogP contribution >= 0.6 is 15.9 Å². The van der Waals surface area contributed by atoms with Gasteiger partial charge in [-0.3, -0.25) is 0 Å². The van der Waals surface area contributed by atoms with E-state index in [9.17, 15) is 8.78 Å². The Morgan fingerprint density at radius 1 is 1.38 bits per heavy atom. The van der Waals surface area contributed by atoms with Gasteiger partial charge in [0.2, 0.25) is 5.92 Å². The van der Waals surface area contributed by atoms with E-state index in [1.807, 2.05) is 6.07 Å². The Labute approximate surface area is 83.3 Å². The first kappa shape index (κ1) is 9.06. The van der Waals surface area contributed by atoms with Gasteiger partial charge in [0.15, 0.2) is 0 Å². The molecule has 1 heterocycles. The second-order valence-corrected chi connectivity index (χ2v) is 4.16. The summed E-state index contributed by atoms with van der Waals surface area (Å²) in [5, 5.41) is 0. The third-order valence-corrected chi connectivity index (χ3v) is 2.69. The summed E-state index contributed by atoms with van der Waals surface area (Å²) in [7, 11) is 0. The molecule has 0 aliphatic heterocycles. The van der Waals surface area contributed by atoms with Crippen LogP contribution in [-0.4, -0.2) is 10.9 Å². The molecule has 0 spiro atoms. The third kappa shape index (κ3) is 1.88. The summed E-state index contributed by atoms with van der Waals surface area (Å²) < 4.78 is 25.8. The van der Waals surface area contributed by atoms with Crippen LogP contribution in [0, 0.1) is 0 Å². The SMILES string of the molecule is FC1(F)CC(c2cccc(Br)n2)C1. The first-order chi connectivity index (χ1) is 6.07. The highest BCUT2D eigenvalue weighted by atomic mass is 79.9. The maximum Gasteiger partial charge on any atom is 0.249 e. The lowest BCUT2D eigenvalue weighted by atomic mass is 9.79. The van der Waals surface area contributed by atoms with Crippen molar-refractivity contribution in [3.8, 4) is 0 Å².